The Labute approximate surface area is 167 Å². The van der Waals surface area contributed by atoms with E-state index in [1.165, 1.54) is 0 Å². The highest BCUT2D eigenvalue weighted by molar-refractivity contribution is 7.99. The summed E-state index contributed by atoms with van der Waals surface area (Å²) < 4.78 is 1.60. The minimum atomic E-state index is -0.969. The van der Waals surface area contributed by atoms with E-state index in [4.69, 9.17) is 0 Å². The number of aliphatic carboxylic acids is 1. The Kier molecular flexibility index (Phi) is 5.22. The Balaban J connectivity index is 1.54. The standard InChI is InChI=1S/C18H15N5O3S2/c24-14(19-8-11-4-3-7-27-11)10-28-18-20-17-16(21-22-18)12-5-1-2-6-13(12)23(17)9-15(25)26/h1-7H,8-10H2,(H,19,24)(H,25,26). The van der Waals surface area contributed by atoms with Crippen LogP contribution in [0, 0.1) is 0 Å². The summed E-state index contributed by atoms with van der Waals surface area (Å²) in [5.41, 5.74) is 1.72. The predicted molar refractivity (Wildman–Crippen MR) is 107 cm³/mol. The largest absolute Gasteiger partial charge is 0.480 e. The number of para-hydroxylation sites is 1. The van der Waals surface area contributed by atoms with Gasteiger partial charge in [-0.15, -0.1) is 21.5 Å². The summed E-state index contributed by atoms with van der Waals surface area (Å²) in [5.74, 6) is -0.950. The van der Waals surface area contributed by atoms with E-state index in [-0.39, 0.29) is 18.2 Å². The van der Waals surface area contributed by atoms with E-state index in [2.05, 4.69) is 20.5 Å². The van der Waals surface area contributed by atoms with Crippen LogP contribution in [0.3, 0.4) is 0 Å². The third-order valence-electron chi connectivity index (χ3n) is 4.02. The average Bonchev–Trinajstić information content (AvgIpc) is 3.31. The molecule has 3 heterocycles. The van der Waals surface area contributed by atoms with E-state index < -0.39 is 5.97 Å². The van der Waals surface area contributed by atoms with Crippen molar-refractivity contribution in [3.05, 3.63) is 46.7 Å². The van der Waals surface area contributed by atoms with Gasteiger partial charge in [-0.3, -0.25) is 9.59 Å². The molecule has 0 aliphatic carbocycles. The minimum absolute atomic E-state index is 0.131. The van der Waals surface area contributed by atoms with E-state index in [0.717, 1.165) is 27.5 Å². The summed E-state index contributed by atoms with van der Waals surface area (Å²) in [6, 6.07) is 11.3. The molecule has 3 aromatic heterocycles. The van der Waals surface area contributed by atoms with Crippen LogP contribution in [0.1, 0.15) is 4.88 Å². The highest BCUT2D eigenvalue weighted by Crippen LogP contribution is 2.27. The third kappa shape index (κ3) is 3.82. The van der Waals surface area contributed by atoms with Gasteiger partial charge in [0.25, 0.3) is 0 Å². The number of carboxylic acid groups (broad SMARTS) is 1. The van der Waals surface area contributed by atoms with E-state index in [0.29, 0.717) is 22.9 Å². The molecule has 4 rings (SSSR count). The molecule has 0 unspecified atom stereocenters. The van der Waals surface area contributed by atoms with Crippen molar-refractivity contribution in [2.45, 2.75) is 18.2 Å². The lowest BCUT2D eigenvalue weighted by Gasteiger charge is -2.04. The Morgan fingerprint density at radius 2 is 2.04 bits per heavy atom. The second-order valence-corrected chi connectivity index (χ2v) is 7.88. The summed E-state index contributed by atoms with van der Waals surface area (Å²) >= 11 is 2.75. The topological polar surface area (TPSA) is 110 Å². The van der Waals surface area contributed by atoms with Gasteiger partial charge in [-0.25, -0.2) is 4.98 Å². The summed E-state index contributed by atoms with van der Waals surface area (Å²) in [4.78, 5) is 28.9. The van der Waals surface area contributed by atoms with Gasteiger partial charge in [0.05, 0.1) is 17.8 Å². The number of carbonyl (C=O) groups is 2. The molecule has 0 aliphatic heterocycles. The molecule has 10 heteroatoms. The van der Waals surface area contributed by atoms with Gasteiger partial charge < -0.3 is 15.0 Å². The SMILES string of the molecule is O=C(O)Cn1c2ccccc2c2nnc(SCC(=O)NCc3cccs3)nc21. The van der Waals surface area contributed by atoms with E-state index in [9.17, 15) is 14.7 Å². The number of benzene rings is 1. The second-order valence-electron chi connectivity index (χ2n) is 5.91. The molecule has 1 amide bonds. The molecule has 0 radical (unpaired) electrons. The van der Waals surface area contributed by atoms with Crippen molar-refractivity contribution < 1.29 is 14.7 Å². The number of fused-ring (bicyclic) bond motifs is 3. The van der Waals surface area contributed by atoms with E-state index in [1.807, 2.05) is 41.8 Å². The molecule has 0 saturated heterocycles. The first kappa shape index (κ1) is 18.4. The Morgan fingerprint density at radius 3 is 2.82 bits per heavy atom. The molecule has 0 saturated carbocycles. The van der Waals surface area contributed by atoms with Crippen LogP contribution in [0.2, 0.25) is 0 Å². The van der Waals surface area contributed by atoms with Gasteiger partial charge in [0.15, 0.2) is 5.65 Å². The van der Waals surface area contributed by atoms with Crippen LogP contribution < -0.4 is 5.32 Å². The lowest BCUT2D eigenvalue weighted by Crippen LogP contribution is -2.24. The lowest BCUT2D eigenvalue weighted by molar-refractivity contribution is -0.137. The Bertz CT molecular complexity index is 1160. The Morgan fingerprint density at radius 1 is 1.18 bits per heavy atom. The third-order valence-corrected chi connectivity index (χ3v) is 5.73. The zero-order valence-electron chi connectivity index (χ0n) is 14.5. The van der Waals surface area contributed by atoms with E-state index in [1.54, 1.807) is 15.9 Å². The van der Waals surface area contributed by atoms with Gasteiger partial charge in [-0.1, -0.05) is 36.0 Å². The molecular weight excluding hydrogens is 398 g/mol. The van der Waals surface area contributed by atoms with Crippen LogP contribution in [0.15, 0.2) is 46.9 Å². The minimum Gasteiger partial charge on any atom is -0.480 e. The quantitative estimate of drug-likeness (QED) is 0.448. The van der Waals surface area contributed by atoms with Gasteiger partial charge in [0.1, 0.15) is 12.1 Å². The zero-order valence-corrected chi connectivity index (χ0v) is 16.2. The maximum atomic E-state index is 12.0. The van der Waals surface area contributed by atoms with Gasteiger partial charge in [0, 0.05) is 10.3 Å². The summed E-state index contributed by atoms with van der Waals surface area (Å²) in [6.45, 7) is 0.260. The number of rotatable bonds is 7. The van der Waals surface area contributed by atoms with Crippen LogP contribution in [0.4, 0.5) is 0 Å². The van der Waals surface area contributed by atoms with Crippen LogP contribution in [-0.4, -0.2) is 42.5 Å². The number of nitrogens with one attached hydrogen (secondary N) is 1. The molecule has 8 nitrogen and oxygen atoms in total. The molecule has 28 heavy (non-hydrogen) atoms. The van der Waals surface area contributed by atoms with Crippen LogP contribution in [0.25, 0.3) is 22.1 Å². The van der Waals surface area contributed by atoms with Crippen LogP contribution in [0.5, 0.6) is 0 Å². The molecule has 142 valence electrons. The van der Waals surface area contributed by atoms with Crippen molar-refractivity contribution in [1.29, 1.82) is 0 Å². The lowest BCUT2D eigenvalue weighted by atomic mass is 10.2. The first-order valence-corrected chi connectivity index (χ1v) is 10.2. The van der Waals surface area contributed by atoms with Crippen LogP contribution in [-0.2, 0) is 22.7 Å². The maximum Gasteiger partial charge on any atom is 0.323 e. The second kappa shape index (κ2) is 7.95. The van der Waals surface area contributed by atoms with Crippen molar-refractivity contribution in [1.82, 2.24) is 25.1 Å². The smallest absolute Gasteiger partial charge is 0.323 e. The number of carboxylic acids is 1. The van der Waals surface area contributed by atoms with Gasteiger partial charge in [-0.05, 0) is 17.5 Å². The number of amides is 1. The highest BCUT2D eigenvalue weighted by atomic mass is 32.2. The summed E-state index contributed by atoms with van der Waals surface area (Å²) in [6.07, 6.45) is 0. The normalized spacial score (nSPS) is 11.1. The Hall–Kier alpha value is -2.98. The summed E-state index contributed by atoms with van der Waals surface area (Å²) in [7, 11) is 0. The van der Waals surface area contributed by atoms with Gasteiger partial charge >= 0.3 is 5.97 Å². The monoisotopic (exact) mass is 413 g/mol. The number of thioether (sulfide) groups is 1. The zero-order chi connectivity index (χ0) is 19.5. The number of hydrogen-bond donors (Lipinski definition) is 2. The highest BCUT2D eigenvalue weighted by Gasteiger charge is 2.17. The fourth-order valence-electron chi connectivity index (χ4n) is 2.83. The number of aromatic nitrogens is 4. The van der Waals surface area contributed by atoms with Gasteiger partial charge in [0.2, 0.25) is 11.1 Å². The van der Waals surface area contributed by atoms with Crippen molar-refractivity contribution in [3.63, 3.8) is 0 Å². The molecule has 2 N–H and O–H groups in total. The molecule has 1 aromatic carbocycles. The molecule has 0 atom stereocenters. The van der Waals surface area contributed by atoms with Gasteiger partial charge in [-0.2, -0.15) is 0 Å². The first-order chi connectivity index (χ1) is 13.6. The number of hydrogen-bond acceptors (Lipinski definition) is 7. The number of carbonyl (C=O) groups excluding carboxylic acids is 1. The molecule has 0 bridgehead atoms. The fraction of sp³-hybridized carbons (Fsp3) is 0.167. The molecule has 0 spiro atoms. The molecule has 0 fully saturated rings. The van der Waals surface area contributed by atoms with E-state index >= 15 is 0 Å². The molecular formula is C18H15N5O3S2. The van der Waals surface area contributed by atoms with Crippen molar-refractivity contribution >= 4 is 57.0 Å². The first-order valence-electron chi connectivity index (χ1n) is 8.37. The van der Waals surface area contributed by atoms with Crippen molar-refractivity contribution in [2.24, 2.45) is 0 Å². The van der Waals surface area contributed by atoms with Crippen LogP contribution >= 0.6 is 23.1 Å². The average molecular weight is 413 g/mol. The molecule has 0 aliphatic rings. The molecule has 4 aromatic rings. The van der Waals surface area contributed by atoms with Crippen molar-refractivity contribution in [3.8, 4) is 0 Å². The fourth-order valence-corrected chi connectivity index (χ4v) is 4.08. The number of nitrogens with zero attached hydrogens (tertiary/aromatic N) is 4. The van der Waals surface area contributed by atoms with Crippen molar-refractivity contribution in [2.75, 3.05) is 5.75 Å². The predicted octanol–water partition coefficient (Wildman–Crippen LogP) is 2.53. The maximum absolute atomic E-state index is 12.0. The number of thiophene rings is 1. The summed E-state index contributed by atoms with van der Waals surface area (Å²) in [5, 5.41) is 23.5.